The maximum absolute atomic E-state index is 3.61. The van der Waals surface area contributed by atoms with Crippen LogP contribution in [0.3, 0.4) is 0 Å². The van der Waals surface area contributed by atoms with E-state index < -0.39 is 0 Å². The van der Waals surface area contributed by atoms with Crippen LogP contribution in [0.15, 0.2) is 60.8 Å². The Morgan fingerprint density at radius 3 is 2.50 bits per heavy atom. The number of hydrogen-bond acceptors (Lipinski definition) is 1. The van der Waals surface area contributed by atoms with E-state index in [1.165, 1.54) is 22.0 Å². The van der Waals surface area contributed by atoms with Gasteiger partial charge in [-0.1, -0.05) is 48.5 Å². The van der Waals surface area contributed by atoms with Crippen LogP contribution in [-0.2, 0) is 13.6 Å². The number of aryl methyl sites for hydroxylation is 1. The summed E-state index contributed by atoms with van der Waals surface area (Å²) in [7, 11) is 2.10. The third-order valence-corrected chi connectivity index (χ3v) is 3.88. The minimum Gasteiger partial charge on any atom is -0.350 e. The number of nitrogens with one attached hydrogen (secondary N) is 1. The van der Waals surface area contributed by atoms with Gasteiger partial charge in [-0.15, -0.1) is 0 Å². The molecule has 20 heavy (non-hydrogen) atoms. The van der Waals surface area contributed by atoms with Crippen LogP contribution in [0.1, 0.15) is 24.1 Å². The molecule has 3 aromatic rings. The van der Waals surface area contributed by atoms with Crippen molar-refractivity contribution < 1.29 is 0 Å². The van der Waals surface area contributed by atoms with Crippen molar-refractivity contribution in [2.45, 2.75) is 19.5 Å². The van der Waals surface area contributed by atoms with E-state index in [0.717, 1.165) is 6.54 Å². The molecule has 1 N–H and O–H groups in total. The molecule has 102 valence electrons. The van der Waals surface area contributed by atoms with Gasteiger partial charge < -0.3 is 9.88 Å². The zero-order chi connectivity index (χ0) is 13.9. The average molecular weight is 264 g/mol. The Labute approximate surface area is 120 Å². The summed E-state index contributed by atoms with van der Waals surface area (Å²) in [6.07, 6.45) is 2.22. The molecule has 0 aliphatic rings. The normalized spacial score (nSPS) is 12.7. The van der Waals surface area contributed by atoms with E-state index in [-0.39, 0.29) is 0 Å². The van der Waals surface area contributed by atoms with Crippen LogP contribution >= 0.6 is 0 Å². The van der Waals surface area contributed by atoms with Crippen LogP contribution in [0.25, 0.3) is 10.9 Å². The molecule has 0 spiro atoms. The standard InChI is InChI=1S/C18H20N2/c1-14(15-8-4-3-5-9-15)19-12-16-13-20(2)18-11-7-6-10-17(16)18/h3-11,13-14,19H,12H2,1-2H3. The van der Waals surface area contributed by atoms with E-state index in [1.54, 1.807) is 0 Å². The molecule has 0 aliphatic carbocycles. The van der Waals surface area contributed by atoms with Crippen LogP contribution in [0.5, 0.6) is 0 Å². The second-order valence-corrected chi connectivity index (χ2v) is 5.30. The predicted octanol–water partition coefficient (Wildman–Crippen LogP) is 4.03. The highest BCUT2D eigenvalue weighted by atomic mass is 14.9. The van der Waals surface area contributed by atoms with Crippen molar-refractivity contribution in [3.8, 4) is 0 Å². The third-order valence-electron chi connectivity index (χ3n) is 3.88. The van der Waals surface area contributed by atoms with Crippen LogP contribution in [0.4, 0.5) is 0 Å². The Bertz CT molecular complexity index is 698. The van der Waals surface area contributed by atoms with Crippen LogP contribution in [-0.4, -0.2) is 4.57 Å². The zero-order valence-corrected chi connectivity index (χ0v) is 12.0. The number of nitrogens with zero attached hydrogens (tertiary/aromatic N) is 1. The molecular weight excluding hydrogens is 244 g/mol. The second kappa shape index (κ2) is 5.51. The highest BCUT2D eigenvalue weighted by Crippen LogP contribution is 2.21. The molecule has 0 aliphatic heterocycles. The molecular formula is C18H20N2. The van der Waals surface area contributed by atoms with Gasteiger partial charge in [0.15, 0.2) is 0 Å². The fraction of sp³-hybridized carbons (Fsp3) is 0.222. The van der Waals surface area contributed by atoms with E-state index in [9.17, 15) is 0 Å². The van der Waals surface area contributed by atoms with E-state index in [0.29, 0.717) is 6.04 Å². The van der Waals surface area contributed by atoms with Crippen molar-refractivity contribution in [1.29, 1.82) is 0 Å². The molecule has 3 rings (SSSR count). The Kier molecular flexibility index (Phi) is 3.57. The van der Waals surface area contributed by atoms with Gasteiger partial charge >= 0.3 is 0 Å². The van der Waals surface area contributed by atoms with Crippen molar-refractivity contribution in [2.75, 3.05) is 0 Å². The first-order valence-corrected chi connectivity index (χ1v) is 7.07. The van der Waals surface area contributed by atoms with E-state index in [2.05, 4.69) is 84.6 Å². The minimum absolute atomic E-state index is 0.357. The first-order valence-electron chi connectivity index (χ1n) is 7.07. The quantitative estimate of drug-likeness (QED) is 0.753. The van der Waals surface area contributed by atoms with Gasteiger partial charge in [0, 0.05) is 36.7 Å². The summed E-state index contributed by atoms with van der Waals surface area (Å²) in [5.74, 6) is 0. The molecule has 0 bridgehead atoms. The van der Waals surface area contributed by atoms with Gasteiger partial charge in [0.1, 0.15) is 0 Å². The van der Waals surface area contributed by atoms with Crippen molar-refractivity contribution in [1.82, 2.24) is 9.88 Å². The lowest BCUT2D eigenvalue weighted by atomic mass is 10.1. The molecule has 0 saturated heterocycles. The maximum atomic E-state index is 3.61. The van der Waals surface area contributed by atoms with Crippen LogP contribution in [0.2, 0.25) is 0 Å². The summed E-state index contributed by atoms with van der Waals surface area (Å²) >= 11 is 0. The fourth-order valence-electron chi connectivity index (χ4n) is 2.69. The van der Waals surface area contributed by atoms with E-state index in [1.807, 2.05) is 0 Å². The topological polar surface area (TPSA) is 17.0 Å². The number of benzene rings is 2. The Morgan fingerprint density at radius 2 is 1.70 bits per heavy atom. The third kappa shape index (κ3) is 2.47. The number of fused-ring (bicyclic) bond motifs is 1. The molecule has 2 nitrogen and oxygen atoms in total. The largest absolute Gasteiger partial charge is 0.350 e. The number of para-hydroxylation sites is 1. The summed E-state index contributed by atoms with van der Waals surface area (Å²) in [5, 5.41) is 4.94. The highest BCUT2D eigenvalue weighted by molar-refractivity contribution is 5.83. The van der Waals surface area contributed by atoms with Gasteiger partial charge in [-0.25, -0.2) is 0 Å². The fourth-order valence-corrected chi connectivity index (χ4v) is 2.69. The monoisotopic (exact) mass is 264 g/mol. The highest BCUT2D eigenvalue weighted by Gasteiger charge is 2.08. The zero-order valence-electron chi connectivity index (χ0n) is 12.0. The van der Waals surface area contributed by atoms with Gasteiger partial charge in [0.05, 0.1) is 0 Å². The van der Waals surface area contributed by atoms with Gasteiger partial charge in [0.2, 0.25) is 0 Å². The summed E-state index contributed by atoms with van der Waals surface area (Å²) in [6.45, 7) is 3.10. The smallest absolute Gasteiger partial charge is 0.0481 e. The molecule has 1 heterocycles. The van der Waals surface area contributed by atoms with Gasteiger partial charge in [-0.05, 0) is 24.1 Å². The van der Waals surface area contributed by atoms with Crippen molar-refractivity contribution >= 4 is 10.9 Å². The first kappa shape index (κ1) is 12.9. The van der Waals surface area contributed by atoms with Gasteiger partial charge in [-0.3, -0.25) is 0 Å². The Morgan fingerprint density at radius 1 is 1.00 bits per heavy atom. The van der Waals surface area contributed by atoms with Gasteiger partial charge in [0.25, 0.3) is 0 Å². The number of aromatic nitrogens is 1. The number of hydrogen-bond donors (Lipinski definition) is 1. The molecule has 2 aromatic carbocycles. The van der Waals surface area contributed by atoms with E-state index in [4.69, 9.17) is 0 Å². The molecule has 2 heteroatoms. The van der Waals surface area contributed by atoms with Crippen molar-refractivity contribution in [3.63, 3.8) is 0 Å². The first-order chi connectivity index (χ1) is 9.75. The van der Waals surface area contributed by atoms with Crippen molar-refractivity contribution in [2.24, 2.45) is 7.05 Å². The number of rotatable bonds is 4. The molecule has 0 amide bonds. The molecule has 1 aromatic heterocycles. The lowest BCUT2D eigenvalue weighted by Gasteiger charge is -2.13. The lowest BCUT2D eigenvalue weighted by Crippen LogP contribution is -2.17. The van der Waals surface area contributed by atoms with Gasteiger partial charge in [-0.2, -0.15) is 0 Å². The van der Waals surface area contributed by atoms with Crippen LogP contribution < -0.4 is 5.32 Å². The summed E-state index contributed by atoms with van der Waals surface area (Å²) < 4.78 is 2.19. The molecule has 0 radical (unpaired) electrons. The average Bonchev–Trinajstić information content (AvgIpc) is 2.83. The van der Waals surface area contributed by atoms with Crippen LogP contribution in [0, 0.1) is 0 Å². The Balaban J connectivity index is 1.77. The SMILES string of the molecule is CC(NCc1cn(C)c2ccccc12)c1ccccc1. The summed E-state index contributed by atoms with van der Waals surface area (Å²) in [4.78, 5) is 0. The Hall–Kier alpha value is -2.06. The lowest BCUT2D eigenvalue weighted by molar-refractivity contribution is 0.576. The molecule has 1 atom stereocenters. The predicted molar refractivity (Wildman–Crippen MR) is 84.6 cm³/mol. The molecule has 0 fully saturated rings. The summed E-state index contributed by atoms with van der Waals surface area (Å²) in [5.41, 5.74) is 3.97. The molecule has 1 unspecified atom stereocenters. The summed E-state index contributed by atoms with van der Waals surface area (Å²) in [6, 6.07) is 19.5. The van der Waals surface area contributed by atoms with E-state index >= 15 is 0 Å². The van der Waals surface area contributed by atoms with Crippen molar-refractivity contribution in [3.05, 3.63) is 71.9 Å². The minimum atomic E-state index is 0.357. The second-order valence-electron chi connectivity index (χ2n) is 5.30. The maximum Gasteiger partial charge on any atom is 0.0481 e. The molecule has 0 saturated carbocycles.